The Labute approximate surface area is 771 Å². The summed E-state index contributed by atoms with van der Waals surface area (Å²) in [4.78, 5) is 129. The van der Waals surface area contributed by atoms with Gasteiger partial charge >= 0.3 is 6.09 Å². The molecule has 132 heavy (non-hydrogen) atoms. The van der Waals surface area contributed by atoms with Crippen LogP contribution in [0.4, 0.5) is 34.3 Å². The van der Waals surface area contributed by atoms with E-state index in [1.165, 1.54) is 18.1 Å². The van der Waals surface area contributed by atoms with Crippen molar-refractivity contribution in [1.82, 2.24) is 65.1 Å². The fourth-order valence-corrected chi connectivity index (χ4v) is 17.7. The van der Waals surface area contributed by atoms with Crippen LogP contribution in [-0.4, -0.2) is 264 Å². The number of aliphatic hydroxyl groups excluding tert-OH is 1. The summed E-state index contributed by atoms with van der Waals surface area (Å²) in [5, 5.41) is 22.5. The molecular formula is C96H132N18O18. The summed E-state index contributed by atoms with van der Waals surface area (Å²) in [6.07, 6.45) is 26.9. The number of ketones is 2. The first-order chi connectivity index (χ1) is 64.0. The smallest absolute Gasteiger partial charge is 0.407 e. The molecule has 1 saturated carbocycles. The zero-order valence-electron chi connectivity index (χ0n) is 77.3. The van der Waals surface area contributed by atoms with Crippen LogP contribution in [0, 0.1) is 23.7 Å². The number of aliphatic hydroxyl groups is 1. The van der Waals surface area contributed by atoms with E-state index in [2.05, 4.69) is 76.7 Å². The summed E-state index contributed by atoms with van der Waals surface area (Å²) in [5.41, 5.74) is 27.5. The van der Waals surface area contributed by atoms with Crippen LogP contribution in [0.5, 0.6) is 0 Å². The number of carbonyl (C=O) groups is 7. The van der Waals surface area contributed by atoms with E-state index in [0.29, 0.717) is 213 Å². The number of hydrogen-bond donors (Lipinski definition) is 6. The van der Waals surface area contributed by atoms with E-state index in [0.717, 1.165) is 80.1 Å². The lowest BCUT2D eigenvalue weighted by Crippen LogP contribution is -2.47. The SMILES string of the molecule is CO[C@@H](CC1CCCC(C(=O)C(=O)N2CCCCC2)O1)/C(C)=C/C=C/C=C/[C@@H](C)C[C@@H](C)C(=O)C[C@H](O)/C(C)=C/[C@@H](C)[C@@H](C[C@@H](CC[C@H]1CC[C@H](OC(=O)NCc2cnc(N3CCN(c4ncc(C(=O)NCCOCCOCCOCCOCCC(=O)N5CCc6cc(Cn7nc(-c8ccc9oc(N)nc9c8)c8c(N)ncnc87)ccc6C5)c(N)n4)CC3)nc2)CC1)OC=O)OC. The number of allylic oxidation sites excluding steroid dienone is 5. The highest BCUT2D eigenvalue weighted by Gasteiger charge is 2.37. The second-order valence-electron chi connectivity index (χ2n) is 35.1. The normalized spacial score (nSPS) is 19.2. The molecule has 2 unspecified atom stereocenters. The molecule has 9 heterocycles. The number of carbonyl (C=O) groups excluding carboxylic acids is 7. The fraction of sp³-hybridized carbons (Fsp3) is 0.573. The number of piperidine rings is 1. The molecule has 9 N–H and O–H groups in total. The Kier molecular flexibility index (Phi) is 38.2. The summed E-state index contributed by atoms with van der Waals surface area (Å²) in [7, 11) is 3.29. The number of piperazine rings is 1. The minimum atomic E-state index is -0.961. The largest absolute Gasteiger partial charge is 0.464 e. The van der Waals surface area contributed by atoms with E-state index in [1.54, 1.807) is 37.6 Å². The van der Waals surface area contributed by atoms with Gasteiger partial charge in [-0.25, -0.2) is 34.4 Å². The Balaban J connectivity index is 0.452. The van der Waals surface area contributed by atoms with Crippen molar-refractivity contribution in [1.29, 1.82) is 0 Å². The average Bonchev–Trinajstić information content (AvgIpc) is 1.60. The number of rotatable bonds is 49. The lowest BCUT2D eigenvalue weighted by atomic mass is 9.83. The van der Waals surface area contributed by atoms with Gasteiger partial charge < -0.3 is 99.6 Å². The minimum Gasteiger partial charge on any atom is -0.464 e. The van der Waals surface area contributed by atoms with Crippen LogP contribution >= 0.6 is 0 Å². The monoisotopic (exact) mass is 1820 g/mol. The van der Waals surface area contributed by atoms with Crippen LogP contribution < -0.4 is 37.6 Å². The number of Topliss-reactive ketones (excluding diaryl/α,β-unsaturated/α-hetero) is 2. The van der Waals surface area contributed by atoms with E-state index in [1.807, 2.05) is 89.6 Å². The van der Waals surface area contributed by atoms with Gasteiger partial charge in [-0.2, -0.15) is 15.1 Å². The fourth-order valence-electron chi connectivity index (χ4n) is 17.7. The molecule has 714 valence electrons. The molecule has 3 saturated heterocycles. The number of nitrogens with two attached hydrogens (primary N) is 3. The number of methoxy groups -OCH3 is 2. The zero-order valence-corrected chi connectivity index (χ0v) is 77.3. The number of benzene rings is 2. The van der Waals surface area contributed by atoms with Crippen LogP contribution in [0.3, 0.4) is 0 Å². The van der Waals surface area contributed by atoms with Crippen molar-refractivity contribution < 1.29 is 85.7 Å². The number of aromatic nitrogens is 9. The summed E-state index contributed by atoms with van der Waals surface area (Å²) in [5.74, 6) is 0.0909. The minimum absolute atomic E-state index is 0.00845. The molecule has 2 aromatic carbocycles. The molecule has 1 aliphatic carbocycles. The van der Waals surface area contributed by atoms with Crippen molar-refractivity contribution >= 4 is 93.5 Å². The maximum atomic E-state index is 13.5. The molecule has 0 radical (unpaired) electrons. The maximum Gasteiger partial charge on any atom is 0.407 e. The highest BCUT2D eigenvalue weighted by molar-refractivity contribution is 6.37. The number of fused-ring (bicyclic) bond motifs is 3. The van der Waals surface area contributed by atoms with Gasteiger partial charge in [-0.15, -0.1) is 0 Å². The Morgan fingerprint density at radius 1 is 0.689 bits per heavy atom. The molecule has 5 aliphatic rings. The van der Waals surface area contributed by atoms with Crippen LogP contribution in [0.2, 0.25) is 0 Å². The first-order valence-electron chi connectivity index (χ1n) is 46.5. The molecule has 4 fully saturated rings. The Morgan fingerprint density at radius 3 is 2.13 bits per heavy atom. The van der Waals surface area contributed by atoms with Crippen LogP contribution in [0.15, 0.2) is 113 Å². The van der Waals surface area contributed by atoms with Crippen LogP contribution in [0.1, 0.15) is 176 Å². The van der Waals surface area contributed by atoms with Crippen LogP contribution in [0.25, 0.3) is 33.4 Å². The second-order valence-corrected chi connectivity index (χ2v) is 35.1. The van der Waals surface area contributed by atoms with Gasteiger partial charge in [0.1, 0.15) is 53.3 Å². The van der Waals surface area contributed by atoms with Gasteiger partial charge in [-0.1, -0.05) is 75.4 Å². The number of ether oxygens (including phenoxy) is 9. The van der Waals surface area contributed by atoms with Crippen LogP contribution in [-0.2, 0) is 92.7 Å². The third-order valence-electron chi connectivity index (χ3n) is 25.4. The van der Waals surface area contributed by atoms with Gasteiger partial charge in [-0.3, -0.25) is 28.8 Å². The third-order valence-corrected chi connectivity index (χ3v) is 25.4. The van der Waals surface area contributed by atoms with E-state index < -0.39 is 42.0 Å². The summed E-state index contributed by atoms with van der Waals surface area (Å²) < 4.78 is 59.4. The molecule has 4 aliphatic heterocycles. The molecule has 0 spiro atoms. The molecule has 36 nitrogen and oxygen atoms in total. The highest BCUT2D eigenvalue weighted by Crippen LogP contribution is 2.36. The molecule has 7 aromatic rings. The summed E-state index contributed by atoms with van der Waals surface area (Å²) in [6.45, 7) is 18.4. The predicted octanol–water partition coefficient (Wildman–Crippen LogP) is 10.2. The zero-order chi connectivity index (χ0) is 93.4. The van der Waals surface area contributed by atoms with Crippen molar-refractivity contribution in [3.8, 4) is 11.3 Å². The lowest BCUT2D eigenvalue weighted by molar-refractivity contribution is -0.157. The number of likely N-dealkylation sites (tertiary alicyclic amines) is 1. The molecular weight excluding hydrogens is 1690 g/mol. The third kappa shape index (κ3) is 29.1. The Morgan fingerprint density at radius 2 is 1.41 bits per heavy atom. The summed E-state index contributed by atoms with van der Waals surface area (Å²) >= 11 is 0. The maximum absolute atomic E-state index is 13.5. The van der Waals surface area contributed by atoms with Crippen molar-refractivity contribution in [2.45, 2.75) is 213 Å². The molecule has 0 bridgehead atoms. The van der Waals surface area contributed by atoms with E-state index >= 15 is 0 Å². The number of nitrogens with one attached hydrogen (secondary N) is 2. The van der Waals surface area contributed by atoms with Gasteiger partial charge in [-0.05, 0) is 162 Å². The average molecular weight is 1830 g/mol. The van der Waals surface area contributed by atoms with Crippen molar-refractivity contribution in [2.24, 2.45) is 23.7 Å². The van der Waals surface area contributed by atoms with Gasteiger partial charge in [0.25, 0.3) is 24.3 Å². The molecule has 4 amide bonds. The number of hydrogen-bond acceptors (Lipinski definition) is 31. The first kappa shape index (κ1) is 99.8. The van der Waals surface area contributed by atoms with E-state index in [-0.39, 0.29) is 110 Å². The number of nitrogens with zero attached hydrogens (tertiary/aromatic N) is 13. The Bertz CT molecular complexity index is 5080. The molecule has 5 aromatic heterocycles. The van der Waals surface area contributed by atoms with Crippen molar-refractivity contribution in [3.05, 3.63) is 137 Å². The number of anilines is 5. The number of oxazole rings is 1. The number of alkyl carbamates (subject to hydrolysis) is 1. The second kappa shape index (κ2) is 50.6. The quantitative estimate of drug-likeness (QED) is 0.00678. The molecule has 36 heteroatoms. The van der Waals surface area contributed by atoms with Gasteiger partial charge in [0.05, 0.1) is 101 Å². The summed E-state index contributed by atoms with van der Waals surface area (Å²) in [6, 6.07) is 11.9. The number of amides is 4. The lowest BCUT2D eigenvalue weighted by Gasteiger charge is -2.34. The van der Waals surface area contributed by atoms with Gasteiger partial charge in [0, 0.05) is 140 Å². The molecule has 9 atom stereocenters. The standard InChI is InChI=1S/C96H132N18O18/c1-62(15-10-8-11-16-63(2)82(123-6)52-75-17-14-18-81(130-75)87(119)92(121)110-32-12-9-13-33-110)47-64(3)78(116)53-79(117)65(4)48-66(5)83(124-7)51-74(129-61-115)27-22-67-20-25-73(26-21-67)131-96(122)104-56-69-54-101-94(102-55-69)111-35-37-112(38-36-111)95-103-57-76(88(97)108-95)91(120)100-31-40-126-42-44-128-46-45-127-43-41-125-39-30-84(118)113-34-29-70-49-68(19-23-72(70)59-113)58-114-90-85(89(98)105-60-106-90)86(109-114)71-24-28-80-77(50-71)107-93(99)132-80/h8,10-11,15-16,19,23-24,28,48-50,54-55,57,60-62,64,66-67,73-75,79,81-83,117H,9,12-14,17-18,20-22,25-27,29-47,51-53,56,58-59H2,1-7H3,(H2,99,107)(H,100,120)(H,104,122)(H2,97,103,108)(H2,98,105,106)/b11-8+,15-10+,63-16+,65-48+/t62-,64-,66-,67-,73-,74-,75?,79+,81?,82+,83-/m1/s1. The van der Waals surface area contributed by atoms with Gasteiger partial charge in [0.15, 0.2) is 11.2 Å². The number of nitrogen functional groups attached to an aromatic ring is 3. The predicted molar refractivity (Wildman–Crippen MR) is 496 cm³/mol. The topological polar surface area (TPSA) is 459 Å². The Hall–Kier alpha value is -11.3. The van der Waals surface area contributed by atoms with Gasteiger partial charge in [0.2, 0.25) is 23.6 Å². The first-order valence-corrected chi connectivity index (χ1v) is 46.5. The van der Waals surface area contributed by atoms with E-state index in [4.69, 9.17) is 69.3 Å². The van der Waals surface area contributed by atoms with Crippen molar-refractivity contribution in [3.63, 3.8) is 0 Å². The molecule has 12 rings (SSSR count). The van der Waals surface area contributed by atoms with Crippen molar-refractivity contribution in [2.75, 3.05) is 146 Å². The highest BCUT2D eigenvalue weighted by atomic mass is 16.6. The van der Waals surface area contributed by atoms with E-state index in [9.17, 15) is 38.7 Å².